The van der Waals surface area contributed by atoms with Gasteiger partial charge in [-0.15, -0.1) is 0 Å². The van der Waals surface area contributed by atoms with Gasteiger partial charge in [0.15, 0.2) is 0 Å². The second-order valence-electron chi connectivity index (χ2n) is 8.62. The van der Waals surface area contributed by atoms with E-state index in [-0.39, 0.29) is 22.4 Å². The quantitative estimate of drug-likeness (QED) is 0.220. The van der Waals surface area contributed by atoms with Crippen molar-refractivity contribution in [3.8, 4) is 11.1 Å². The van der Waals surface area contributed by atoms with Crippen LogP contribution in [0.3, 0.4) is 0 Å². The van der Waals surface area contributed by atoms with E-state index in [2.05, 4.69) is 20.3 Å². The summed E-state index contributed by atoms with van der Waals surface area (Å²) in [5, 5.41) is 15.4. The Labute approximate surface area is 230 Å². The van der Waals surface area contributed by atoms with Crippen LogP contribution < -0.4 is 15.4 Å². The number of nitrogens with one attached hydrogen (secondary N) is 3. The molecule has 39 heavy (non-hydrogen) atoms. The minimum Gasteiger partial charge on any atom is -0.480 e. The lowest BCUT2D eigenvalue weighted by molar-refractivity contribution is -0.138. The predicted octanol–water partition coefficient (Wildman–Crippen LogP) is 4.70. The topological polar surface area (TPSA) is 137 Å². The summed E-state index contributed by atoms with van der Waals surface area (Å²) >= 11 is 5.88. The second kappa shape index (κ2) is 12.5. The van der Waals surface area contributed by atoms with Crippen LogP contribution in [0.5, 0.6) is 0 Å². The first-order valence-electron chi connectivity index (χ1n) is 11.8. The minimum atomic E-state index is -4.09. The van der Waals surface area contributed by atoms with Crippen molar-refractivity contribution in [2.75, 3.05) is 5.32 Å². The Morgan fingerprint density at radius 2 is 1.67 bits per heavy atom. The van der Waals surface area contributed by atoms with Crippen LogP contribution in [0.4, 0.5) is 10.5 Å². The first-order chi connectivity index (χ1) is 18.7. The summed E-state index contributed by atoms with van der Waals surface area (Å²) in [7, 11) is -4.09. The summed E-state index contributed by atoms with van der Waals surface area (Å²) in [5.74, 6) is -1.30. The molecule has 2 amide bonds. The number of benzene rings is 3. The van der Waals surface area contributed by atoms with Gasteiger partial charge in [0.05, 0.1) is 4.90 Å². The average molecular weight is 565 g/mol. The number of hydrogen-bond donors (Lipinski definition) is 4. The number of anilines is 1. The standard InChI is InChI=1S/C28H25ClN4O5S/c29-23-6-2-8-25(16-23)39(37,38)33-26(27(34)35)14-19-9-11-21(12-10-19)22-5-1-7-24(15-22)32-28(36)31-18-20-4-3-13-30-17-20/h1-13,15-17,26,33H,14,18H2,(H,34,35)(H2,31,32,36). The van der Waals surface area contributed by atoms with E-state index in [9.17, 15) is 23.1 Å². The molecule has 1 atom stereocenters. The van der Waals surface area contributed by atoms with Crippen LogP contribution in [0.25, 0.3) is 11.1 Å². The number of hydrogen-bond acceptors (Lipinski definition) is 5. The molecule has 1 heterocycles. The first-order valence-corrected chi connectivity index (χ1v) is 13.7. The van der Waals surface area contributed by atoms with Crippen molar-refractivity contribution >= 4 is 39.3 Å². The highest BCUT2D eigenvalue weighted by atomic mass is 35.5. The summed E-state index contributed by atoms with van der Waals surface area (Å²) in [6, 6.07) is 21.9. The van der Waals surface area contributed by atoms with Gasteiger partial charge in [0.2, 0.25) is 10.0 Å². The van der Waals surface area contributed by atoms with Crippen LogP contribution in [0.1, 0.15) is 11.1 Å². The van der Waals surface area contributed by atoms with E-state index in [0.717, 1.165) is 16.7 Å². The van der Waals surface area contributed by atoms with Gasteiger partial charge in [-0.1, -0.05) is 60.1 Å². The smallest absolute Gasteiger partial charge is 0.322 e. The first kappa shape index (κ1) is 27.8. The number of rotatable bonds is 10. The maximum atomic E-state index is 12.7. The van der Waals surface area contributed by atoms with Crippen LogP contribution >= 0.6 is 11.6 Å². The molecule has 0 aliphatic rings. The molecular formula is C28H25ClN4O5S. The van der Waals surface area contributed by atoms with Gasteiger partial charge in [0, 0.05) is 29.6 Å². The number of nitrogens with zero attached hydrogens (tertiary/aromatic N) is 1. The number of halogens is 1. The van der Waals surface area contributed by atoms with Crippen molar-refractivity contribution in [2.24, 2.45) is 0 Å². The Hall–Kier alpha value is -4.25. The third-order valence-electron chi connectivity index (χ3n) is 5.73. The third-order valence-corrected chi connectivity index (χ3v) is 7.43. The van der Waals surface area contributed by atoms with E-state index in [0.29, 0.717) is 17.8 Å². The number of pyridine rings is 1. The number of urea groups is 1. The van der Waals surface area contributed by atoms with Gasteiger partial charge in [0.25, 0.3) is 0 Å². The molecule has 0 aliphatic heterocycles. The number of carbonyl (C=O) groups is 2. The zero-order valence-corrected chi connectivity index (χ0v) is 22.1. The number of sulfonamides is 1. The van der Waals surface area contributed by atoms with Crippen molar-refractivity contribution in [1.29, 1.82) is 0 Å². The average Bonchev–Trinajstić information content (AvgIpc) is 2.92. The maximum absolute atomic E-state index is 12.7. The monoisotopic (exact) mass is 564 g/mol. The number of carboxylic acids is 1. The van der Waals surface area contributed by atoms with E-state index in [1.54, 1.807) is 48.8 Å². The van der Waals surface area contributed by atoms with Crippen molar-refractivity contribution in [3.63, 3.8) is 0 Å². The Kier molecular flexibility index (Phi) is 8.92. The van der Waals surface area contributed by atoms with E-state index in [1.807, 2.05) is 24.3 Å². The molecule has 3 aromatic carbocycles. The molecule has 1 aromatic heterocycles. The number of aliphatic carboxylic acids is 1. The minimum absolute atomic E-state index is 0.0614. The SMILES string of the molecule is O=C(NCc1cccnc1)Nc1cccc(-c2ccc(CC(NS(=O)(=O)c3cccc(Cl)c3)C(=O)O)cc2)c1. The molecule has 200 valence electrons. The number of carboxylic acid groups (broad SMARTS) is 1. The van der Waals surface area contributed by atoms with E-state index >= 15 is 0 Å². The van der Waals surface area contributed by atoms with E-state index in [4.69, 9.17) is 11.6 Å². The number of amides is 2. The van der Waals surface area contributed by atoms with Crippen molar-refractivity contribution in [1.82, 2.24) is 15.0 Å². The van der Waals surface area contributed by atoms with Crippen molar-refractivity contribution in [2.45, 2.75) is 23.9 Å². The van der Waals surface area contributed by atoms with Crippen molar-refractivity contribution in [3.05, 3.63) is 113 Å². The van der Waals surface area contributed by atoms with Crippen LogP contribution in [0.2, 0.25) is 5.02 Å². The summed E-state index contributed by atoms with van der Waals surface area (Å²) in [5.41, 5.74) is 3.78. The highest BCUT2D eigenvalue weighted by Crippen LogP contribution is 2.24. The molecule has 0 radical (unpaired) electrons. The fraction of sp³-hybridized carbons (Fsp3) is 0.107. The van der Waals surface area contributed by atoms with Gasteiger partial charge >= 0.3 is 12.0 Å². The lowest BCUT2D eigenvalue weighted by Crippen LogP contribution is -2.42. The zero-order valence-electron chi connectivity index (χ0n) is 20.5. The predicted molar refractivity (Wildman–Crippen MR) is 149 cm³/mol. The molecule has 0 aliphatic carbocycles. The molecule has 0 spiro atoms. The Morgan fingerprint density at radius 3 is 2.36 bits per heavy atom. The molecule has 4 aromatic rings. The van der Waals surface area contributed by atoms with Crippen LogP contribution in [-0.2, 0) is 27.8 Å². The van der Waals surface area contributed by atoms with E-state index in [1.165, 1.54) is 24.3 Å². The molecule has 11 heteroatoms. The molecule has 0 saturated heterocycles. The molecule has 1 unspecified atom stereocenters. The lowest BCUT2D eigenvalue weighted by atomic mass is 10.0. The van der Waals surface area contributed by atoms with Gasteiger partial charge in [0.1, 0.15) is 6.04 Å². The van der Waals surface area contributed by atoms with Gasteiger partial charge in [-0.2, -0.15) is 4.72 Å². The molecule has 0 bridgehead atoms. The Morgan fingerprint density at radius 1 is 0.897 bits per heavy atom. The number of carbonyl (C=O) groups excluding carboxylic acids is 1. The summed E-state index contributed by atoms with van der Waals surface area (Å²) < 4.78 is 27.6. The van der Waals surface area contributed by atoms with Crippen LogP contribution in [-0.4, -0.2) is 36.6 Å². The van der Waals surface area contributed by atoms with Gasteiger partial charge in [-0.05, 0) is 65.1 Å². The van der Waals surface area contributed by atoms with E-state index < -0.39 is 22.0 Å². The second-order valence-corrected chi connectivity index (χ2v) is 10.8. The summed E-state index contributed by atoms with van der Waals surface area (Å²) in [4.78, 5) is 28.0. The third kappa shape index (κ3) is 7.87. The zero-order chi connectivity index (χ0) is 27.8. The van der Waals surface area contributed by atoms with Crippen LogP contribution in [0, 0.1) is 0 Å². The summed E-state index contributed by atoms with van der Waals surface area (Å²) in [6.45, 7) is 0.341. The van der Waals surface area contributed by atoms with Gasteiger partial charge < -0.3 is 15.7 Å². The molecule has 0 fully saturated rings. The molecule has 0 saturated carbocycles. The molecule has 4 rings (SSSR count). The summed E-state index contributed by atoms with van der Waals surface area (Å²) in [6.07, 6.45) is 3.28. The largest absolute Gasteiger partial charge is 0.480 e. The van der Waals surface area contributed by atoms with Gasteiger partial charge in [-0.3, -0.25) is 9.78 Å². The molecule has 9 nitrogen and oxygen atoms in total. The normalized spacial score (nSPS) is 11.9. The maximum Gasteiger partial charge on any atom is 0.322 e. The lowest BCUT2D eigenvalue weighted by Gasteiger charge is -2.15. The molecule has 4 N–H and O–H groups in total. The Balaban J connectivity index is 1.40. The highest BCUT2D eigenvalue weighted by molar-refractivity contribution is 7.89. The van der Waals surface area contributed by atoms with Crippen LogP contribution in [0.15, 0.2) is 102 Å². The Bertz CT molecular complexity index is 1560. The molecular weight excluding hydrogens is 540 g/mol. The fourth-order valence-corrected chi connectivity index (χ4v) is 5.26. The number of aromatic nitrogens is 1. The van der Waals surface area contributed by atoms with Crippen molar-refractivity contribution < 1.29 is 23.1 Å². The fourth-order valence-electron chi connectivity index (χ4n) is 3.77. The highest BCUT2D eigenvalue weighted by Gasteiger charge is 2.26. The van der Waals surface area contributed by atoms with Gasteiger partial charge in [-0.25, -0.2) is 13.2 Å².